The molecular formula is C14H23N3. The van der Waals surface area contributed by atoms with Gasteiger partial charge in [0.05, 0.1) is 0 Å². The molecule has 0 bridgehead atoms. The van der Waals surface area contributed by atoms with Crippen LogP contribution in [0.2, 0.25) is 0 Å². The van der Waals surface area contributed by atoms with Crippen LogP contribution in [0.5, 0.6) is 0 Å². The molecule has 1 aliphatic rings. The summed E-state index contributed by atoms with van der Waals surface area (Å²) in [7, 11) is 1.99. The van der Waals surface area contributed by atoms with Crippen molar-refractivity contribution in [1.29, 1.82) is 0 Å². The molecule has 17 heavy (non-hydrogen) atoms. The molecule has 1 fully saturated rings. The minimum atomic E-state index is 0.592. The van der Waals surface area contributed by atoms with Crippen molar-refractivity contribution < 1.29 is 0 Å². The van der Waals surface area contributed by atoms with Crippen LogP contribution < -0.4 is 10.2 Å². The van der Waals surface area contributed by atoms with Crippen LogP contribution in [0.4, 0.5) is 5.82 Å². The Bertz CT molecular complexity index is 364. The number of pyridine rings is 1. The number of aromatic nitrogens is 1. The predicted molar refractivity (Wildman–Crippen MR) is 72.2 cm³/mol. The van der Waals surface area contributed by atoms with Crippen molar-refractivity contribution in [2.75, 3.05) is 18.5 Å². The summed E-state index contributed by atoms with van der Waals surface area (Å²) in [6, 6.07) is 4.79. The monoisotopic (exact) mass is 233 g/mol. The van der Waals surface area contributed by atoms with Gasteiger partial charge in [-0.15, -0.1) is 0 Å². The van der Waals surface area contributed by atoms with Crippen LogP contribution in [0.25, 0.3) is 0 Å². The van der Waals surface area contributed by atoms with E-state index in [4.69, 9.17) is 0 Å². The molecule has 2 atom stereocenters. The van der Waals surface area contributed by atoms with Crippen molar-refractivity contribution in [3.05, 3.63) is 23.9 Å². The predicted octanol–water partition coefficient (Wildman–Crippen LogP) is 2.43. The van der Waals surface area contributed by atoms with Crippen LogP contribution in [0.1, 0.15) is 32.3 Å². The van der Waals surface area contributed by atoms with Gasteiger partial charge in [0.1, 0.15) is 5.82 Å². The second-order valence-electron chi connectivity index (χ2n) is 5.07. The standard InChI is InChI=1S/C14H23N3/c1-11-6-5-9-17(12(11)2)14-13(10-15-3)7-4-8-16-14/h4,7-8,11-12,15H,5-6,9-10H2,1-3H3. The summed E-state index contributed by atoms with van der Waals surface area (Å²) in [5, 5.41) is 3.22. The number of nitrogens with one attached hydrogen (secondary N) is 1. The fourth-order valence-corrected chi connectivity index (χ4v) is 2.65. The Morgan fingerprint density at radius 3 is 3.06 bits per heavy atom. The maximum Gasteiger partial charge on any atom is 0.133 e. The lowest BCUT2D eigenvalue weighted by molar-refractivity contribution is 0.361. The minimum absolute atomic E-state index is 0.592. The third-order valence-corrected chi connectivity index (χ3v) is 3.88. The smallest absolute Gasteiger partial charge is 0.133 e. The SMILES string of the molecule is CNCc1cccnc1N1CCCC(C)C1C. The number of rotatable bonds is 3. The van der Waals surface area contributed by atoms with Gasteiger partial charge in [0.2, 0.25) is 0 Å². The number of hydrogen-bond acceptors (Lipinski definition) is 3. The van der Waals surface area contributed by atoms with Gasteiger partial charge in [-0.25, -0.2) is 4.98 Å². The Morgan fingerprint density at radius 2 is 2.29 bits per heavy atom. The van der Waals surface area contributed by atoms with Gasteiger partial charge in [-0.05, 0) is 38.8 Å². The topological polar surface area (TPSA) is 28.2 Å². The van der Waals surface area contributed by atoms with Crippen molar-refractivity contribution >= 4 is 5.82 Å². The van der Waals surface area contributed by atoms with E-state index >= 15 is 0 Å². The van der Waals surface area contributed by atoms with E-state index in [1.54, 1.807) is 0 Å². The van der Waals surface area contributed by atoms with Gasteiger partial charge in [-0.2, -0.15) is 0 Å². The molecule has 1 saturated heterocycles. The second kappa shape index (κ2) is 5.50. The molecule has 0 aromatic carbocycles. The Labute approximate surface area is 104 Å². The lowest BCUT2D eigenvalue weighted by Crippen LogP contribution is -2.43. The molecule has 3 nitrogen and oxygen atoms in total. The van der Waals surface area contributed by atoms with Gasteiger partial charge < -0.3 is 10.2 Å². The molecule has 0 aliphatic carbocycles. The number of nitrogens with zero attached hydrogens (tertiary/aromatic N) is 2. The van der Waals surface area contributed by atoms with Crippen molar-refractivity contribution in [2.24, 2.45) is 5.92 Å². The molecule has 0 saturated carbocycles. The minimum Gasteiger partial charge on any atom is -0.353 e. The molecule has 2 heterocycles. The van der Waals surface area contributed by atoms with Crippen LogP contribution in [0.15, 0.2) is 18.3 Å². The van der Waals surface area contributed by atoms with E-state index in [1.807, 2.05) is 19.3 Å². The fraction of sp³-hybridized carbons (Fsp3) is 0.643. The molecule has 3 heteroatoms. The lowest BCUT2D eigenvalue weighted by Gasteiger charge is -2.39. The summed E-state index contributed by atoms with van der Waals surface area (Å²) in [6.45, 7) is 6.69. The third kappa shape index (κ3) is 2.60. The van der Waals surface area contributed by atoms with Gasteiger partial charge in [-0.1, -0.05) is 13.0 Å². The van der Waals surface area contributed by atoms with Gasteiger partial charge in [0, 0.05) is 30.9 Å². The van der Waals surface area contributed by atoms with E-state index < -0.39 is 0 Å². The number of hydrogen-bond donors (Lipinski definition) is 1. The maximum atomic E-state index is 4.59. The molecule has 2 unspecified atom stereocenters. The van der Waals surface area contributed by atoms with Crippen LogP contribution in [0, 0.1) is 5.92 Å². The third-order valence-electron chi connectivity index (χ3n) is 3.88. The summed E-state index contributed by atoms with van der Waals surface area (Å²) in [4.78, 5) is 7.06. The van der Waals surface area contributed by atoms with E-state index in [9.17, 15) is 0 Å². The van der Waals surface area contributed by atoms with Crippen molar-refractivity contribution in [1.82, 2.24) is 10.3 Å². The Balaban J connectivity index is 2.25. The van der Waals surface area contributed by atoms with Crippen LogP contribution in [-0.2, 0) is 6.54 Å². The normalized spacial score (nSPS) is 25.0. The van der Waals surface area contributed by atoms with E-state index in [-0.39, 0.29) is 0 Å². The van der Waals surface area contributed by atoms with Crippen LogP contribution >= 0.6 is 0 Å². The average Bonchev–Trinajstić information content (AvgIpc) is 2.34. The van der Waals surface area contributed by atoms with Gasteiger partial charge >= 0.3 is 0 Å². The highest BCUT2D eigenvalue weighted by Gasteiger charge is 2.26. The lowest BCUT2D eigenvalue weighted by atomic mass is 9.92. The molecule has 0 radical (unpaired) electrons. The molecule has 2 rings (SSSR count). The Morgan fingerprint density at radius 1 is 1.47 bits per heavy atom. The average molecular weight is 233 g/mol. The van der Waals surface area contributed by atoms with E-state index in [2.05, 4.69) is 35.1 Å². The van der Waals surface area contributed by atoms with Crippen molar-refractivity contribution in [2.45, 2.75) is 39.3 Å². The second-order valence-corrected chi connectivity index (χ2v) is 5.07. The quantitative estimate of drug-likeness (QED) is 0.869. The maximum absolute atomic E-state index is 4.59. The first kappa shape index (κ1) is 12.4. The van der Waals surface area contributed by atoms with E-state index in [0.29, 0.717) is 6.04 Å². The zero-order chi connectivity index (χ0) is 12.3. The zero-order valence-corrected chi connectivity index (χ0v) is 11.1. The van der Waals surface area contributed by atoms with Gasteiger partial charge in [0.25, 0.3) is 0 Å². The Kier molecular flexibility index (Phi) is 4.00. The molecule has 1 aliphatic heterocycles. The number of anilines is 1. The molecule has 1 aromatic heterocycles. The molecule has 1 N–H and O–H groups in total. The largest absolute Gasteiger partial charge is 0.353 e. The van der Waals surface area contributed by atoms with Gasteiger partial charge in [0.15, 0.2) is 0 Å². The van der Waals surface area contributed by atoms with E-state index in [0.717, 1.165) is 19.0 Å². The number of piperidine rings is 1. The highest BCUT2D eigenvalue weighted by molar-refractivity contribution is 5.48. The highest BCUT2D eigenvalue weighted by atomic mass is 15.2. The molecular weight excluding hydrogens is 210 g/mol. The molecule has 0 spiro atoms. The summed E-state index contributed by atoms with van der Waals surface area (Å²) >= 11 is 0. The van der Waals surface area contributed by atoms with Crippen molar-refractivity contribution in [3.8, 4) is 0 Å². The summed E-state index contributed by atoms with van der Waals surface area (Å²) < 4.78 is 0. The van der Waals surface area contributed by atoms with Crippen LogP contribution in [0.3, 0.4) is 0 Å². The van der Waals surface area contributed by atoms with Crippen molar-refractivity contribution in [3.63, 3.8) is 0 Å². The first-order valence-corrected chi connectivity index (χ1v) is 6.59. The first-order chi connectivity index (χ1) is 8.24. The fourth-order valence-electron chi connectivity index (χ4n) is 2.65. The molecule has 94 valence electrons. The van der Waals surface area contributed by atoms with Crippen LogP contribution in [-0.4, -0.2) is 24.6 Å². The van der Waals surface area contributed by atoms with E-state index in [1.165, 1.54) is 24.2 Å². The molecule has 1 aromatic rings. The highest BCUT2D eigenvalue weighted by Crippen LogP contribution is 2.29. The molecule has 0 amide bonds. The summed E-state index contributed by atoms with van der Waals surface area (Å²) in [5.41, 5.74) is 1.30. The zero-order valence-electron chi connectivity index (χ0n) is 11.1. The summed E-state index contributed by atoms with van der Waals surface area (Å²) in [5.74, 6) is 1.93. The van der Waals surface area contributed by atoms with Gasteiger partial charge in [-0.3, -0.25) is 0 Å². The summed E-state index contributed by atoms with van der Waals surface area (Å²) in [6.07, 6.45) is 4.52. The Hall–Kier alpha value is -1.09. The first-order valence-electron chi connectivity index (χ1n) is 6.59.